The van der Waals surface area contributed by atoms with Gasteiger partial charge in [0, 0.05) is 4.70 Å². The molecule has 0 atom stereocenters. The summed E-state index contributed by atoms with van der Waals surface area (Å²) in [5.41, 5.74) is 5.63. The first kappa shape index (κ1) is 13.4. The van der Waals surface area contributed by atoms with Gasteiger partial charge in [0.15, 0.2) is 5.76 Å². The average molecular weight is 300 g/mol. The lowest BCUT2D eigenvalue weighted by atomic mass is 10.1. The van der Waals surface area contributed by atoms with Crippen molar-refractivity contribution < 1.29 is 14.0 Å². The maximum Gasteiger partial charge on any atom is 0.305 e. The molecule has 0 spiro atoms. The smallest absolute Gasteiger partial charge is 0.305 e. The van der Waals surface area contributed by atoms with Crippen LogP contribution >= 0.6 is 11.3 Å². The van der Waals surface area contributed by atoms with Crippen LogP contribution in [0.3, 0.4) is 0 Å². The largest absolute Gasteiger partial charge is 0.459 e. The van der Waals surface area contributed by atoms with Crippen LogP contribution in [0.1, 0.15) is 25.8 Å². The van der Waals surface area contributed by atoms with Crippen molar-refractivity contribution in [1.29, 1.82) is 0 Å². The van der Waals surface area contributed by atoms with Crippen LogP contribution in [0.5, 0.6) is 0 Å². The number of carbonyl (C=O) groups excluding carboxylic acids is 2. The van der Waals surface area contributed by atoms with Crippen LogP contribution in [0, 0.1) is 6.92 Å². The molecule has 2 amide bonds. The zero-order valence-electron chi connectivity index (χ0n) is 11.2. The quantitative estimate of drug-likeness (QED) is 0.715. The Labute approximate surface area is 124 Å². The van der Waals surface area contributed by atoms with E-state index in [1.54, 1.807) is 6.07 Å². The minimum Gasteiger partial charge on any atom is -0.459 e. The summed E-state index contributed by atoms with van der Waals surface area (Å²) in [5, 5.41) is 1.05. The minimum absolute atomic E-state index is 0.142. The molecular formula is C15H12N2O3S. The van der Waals surface area contributed by atoms with Gasteiger partial charge < -0.3 is 4.42 Å². The summed E-state index contributed by atoms with van der Waals surface area (Å²) in [6.07, 6.45) is 1.40. The number of hydrazine groups is 1. The molecule has 0 radical (unpaired) electrons. The molecule has 0 aliphatic carbocycles. The third kappa shape index (κ3) is 2.53. The maximum atomic E-state index is 12.2. The van der Waals surface area contributed by atoms with Gasteiger partial charge in [0.05, 0.1) is 11.1 Å². The van der Waals surface area contributed by atoms with E-state index in [9.17, 15) is 9.59 Å². The van der Waals surface area contributed by atoms with Crippen molar-refractivity contribution in [3.8, 4) is 0 Å². The number of carbonyl (C=O) groups is 2. The van der Waals surface area contributed by atoms with Gasteiger partial charge in [-0.05, 0) is 36.1 Å². The number of benzene rings is 1. The summed E-state index contributed by atoms with van der Waals surface area (Å²) >= 11 is 1.39. The van der Waals surface area contributed by atoms with Gasteiger partial charge in [-0.15, -0.1) is 11.3 Å². The number of thiophene rings is 1. The highest BCUT2D eigenvalue weighted by Gasteiger charge is 2.16. The second-order valence-electron chi connectivity index (χ2n) is 4.44. The number of nitrogens with one attached hydrogen (secondary N) is 2. The van der Waals surface area contributed by atoms with Crippen molar-refractivity contribution in [3.63, 3.8) is 0 Å². The van der Waals surface area contributed by atoms with Crippen molar-refractivity contribution >= 4 is 33.2 Å². The third-order valence-electron chi connectivity index (χ3n) is 3.08. The topological polar surface area (TPSA) is 71.3 Å². The van der Waals surface area contributed by atoms with E-state index in [4.69, 9.17) is 4.42 Å². The number of amides is 2. The van der Waals surface area contributed by atoms with Gasteiger partial charge in [0.25, 0.3) is 5.91 Å². The fraction of sp³-hybridized carbons (Fsp3) is 0.0667. The molecule has 5 nitrogen and oxygen atoms in total. The van der Waals surface area contributed by atoms with Crippen molar-refractivity contribution in [3.05, 3.63) is 58.9 Å². The SMILES string of the molecule is Cc1c(C(=O)NNC(=O)c2ccco2)sc2ccccc12. The van der Waals surface area contributed by atoms with Crippen LogP contribution in [0.25, 0.3) is 10.1 Å². The fourth-order valence-corrected chi connectivity index (χ4v) is 3.13. The second-order valence-corrected chi connectivity index (χ2v) is 5.49. The zero-order chi connectivity index (χ0) is 14.8. The number of hydrogen-bond donors (Lipinski definition) is 2. The Balaban J connectivity index is 1.75. The normalized spacial score (nSPS) is 10.5. The second kappa shape index (κ2) is 5.41. The fourth-order valence-electron chi connectivity index (χ4n) is 2.03. The highest BCUT2D eigenvalue weighted by molar-refractivity contribution is 7.21. The van der Waals surface area contributed by atoms with Gasteiger partial charge in [-0.3, -0.25) is 20.4 Å². The molecule has 106 valence electrons. The molecular weight excluding hydrogens is 288 g/mol. The van der Waals surface area contributed by atoms with Crippen LogP contribution < -0.4 is 10.9 Å². The van der Waals surface area contributed by atoms with Crippen LogP contribution in [0.15, 0.2) is 47.1 Å². The summed E-state index contributed by atoms with van der Waals surface area (Å²) in [6, 6.07) is 10.9. The molecule has 2 N–H and O–H groups in total. The van der Waals surface area contributed by atoms with Gasteiger partial charge >= 0.3 is 5.91 Å². The Morgan fingerprint density at radius 1 is 1.05 bits per heavy atom. The molecule has 3 rings (SSSR count). The molecule has 0 bridgehead atoms. The van der Waals surface area contributed by atoms with E-state index >= 15 is 0 Å². The monoisotopic (exact) mass is 300 g/mol. The Kier molecular flexibility index (Phi) is 3.45. The van der Waals surface area contributed by atoms with Gasteiger partial charge in [0.2, 0.25) is 0 Å². The van der Waals surface area contributed by atoms with Gasteiger partial charge in [-0.2, -0.15) is 0 Å². The molecule has 0 unspecified atom stereocenters. The molecule has 6 heteroatoms. The zero-order valence-corrected chi connectivity index (χ0v) is 12.0. The van der Waals surface area contributed by atoms with Crippen molar-refractivity contribution in [2.75, 3.05) is 0 Å². The minimum atomic E-state index is -0.493. The lowest BCUT2D eigenvalue weighted by Crippen LogP contribution is -2.41. The average Bonchev–Trinajstić information content (AvgIpc) is 3.13. The molecule has 0 aliphatic heterocycles. The Bertz CT molecular complexity index is 806. The van der Waals surface area contributed by atoms with E-state index in [1.807, 2.05) is 31.2 Å². The van der Waals surface area contributed by atoms with Crippen molar-refractivity contribution in [1.82, 2.24) is 10.9 Å². The first-order chi connectivity index (χ1) is 10.2. The maximum absolute atomic E-state index is 12.2. The molecule has 0 saturated heterocycles. The Hall–Kier alpha value is -2.60. The number of rotatable bonds is 2. The predicted octanol–water partition coefficient (Wildman–Crippen LogP) is 2.88. The number of fused-ring (bicyclic) bond motifs is 1. The molecule has 0 saturated carbocycles. The first-order valence-electron chi connectivity index (χ1n) is 6.29. The standard InChI is InChI=1S/C15H12N2O3S/c1-9-10-5-2-3-7-12(10)21-13(9)15(19)17-16-14(18)11-6-4-8-20-11/h2-8H,1H3,(H,16,18)(H,17,19). The molecule has 21 heavy (non-hydrogen) atoms. The molecule has 1 aromatic carbocycles. The van der Waals surface area contributed by atoms with Gasteiger partial charge in [0.1, 0.15) is 0 Å². The van der Waals surface area contributed by atoms with Crippen LogP contribution in [0.2, 0.25) is 0 Å². The number of aryl methyl sites for hydroxylation is 1. The van der Waals surface area contributed by atoms with E-state index in [2.05, 4.69) is 10.9 Å². The predicted molar refractivity (Wildman–Crippen MR) is 80.2 cm³/mol. The molecule has 0 aliphatic rings. The summed E-state index contributed by atoms with van der Waals surface area (Å²) in [4.78, 5) is 24.4. The van der Waals surface area contributed by atoms with E-state index in [0.717, 1.165) is 15.6 Å². The lowest BCUT2D eigenvalue weighted by Gasteiger charge is -2.05. The Morgan fingerprint density at radius 2 is 1.81 bits per heavy atom. The van der Waals surface area contributed by atoms with E-state index < -0.39 is 5.91 Å². The summed E-state index contributed by atoms with van der Waals surface area (Å²) in [7, 11) is 0. The van der Waals surface area contributed by atoms with Gasteiger partial charge in [-0.1, -0.05) is 18.2 Å². The number of furan rings is 1. The third-order valence-corrected chi connectivity index (χ3v) is 4.36. The summed E-state index contributed by atoms with van der Waals surface area (Å²) in [5.74, 6) is -0.691. The first-order valence-corrected chi connectivity index (χ1v) is 7.11. The van der Waals surface area contributed by atoms with Crippen LogP contribution in [-0.4, -0.2) is 11.8 Å². The van der Waals surface area contributed by atoms with Crippen molar-refractivity contribution in [2.24, 2.45) is 0 Å². The highest BCUT2D eigenvalue weighted by Crippen LogP contribution is 2.30. The van der Waals surface area contributed by atoms with Crippen molar-refractivity contribution in [2.45, 2.75) is 6.92 Å². The van der Waals surface area contributed by atoms with E-state index in [1.165, 1.54) is 23.7 Å². The highest BCUT2D eigenvalue weighted by atomic mass is 32.1. The van der Waals surface area contributed by atoms with E-state index in [0.29, 0.717) is 4.88 Å². The van der Waals surface area contributed by atoms with Crippen LogP contribution in [-0.2, 0) is 0 Å². The molecule has 2 heterocycles. The Morgan fingerprint density at radius 3 is 2.52 bits per heavy atom. The van der Waals surface area contributed by atoms with Crippen LogP contribution in [0.4, 0.5) is 0 Å². The van der Waals surface area contributed by atoms with Gasteiger partial charge in [-0.25, -0.2) is 0 Å². The summed E-state index contributed by atoms with van der Waals surface area (Å²) in [6.45, 7) is 1.89. The molecule has 3 aromatic rings. The molecule has 2 aromatic heterocycles. The molecule has 0 fully saturated rings. The number of hydrogen-bond acceptors (Lipinski definition) is 4. The van der Waals surface area contributed by atoms with E-state index in [-0.39, 0.29) is 11.7 Å². The summed E-state index contributed by atoms with van der Waals surface area (Å²) < 4.78 is 5.98. The lowest BCUT2D eigenvalue weighted by molar-refractivity contribution is 0.0832.